The molecule has 3 heterocycles. The minimum absolute atomic E-state index is 0.00230. The van der Waals surface area contributed by atoms with Gasteiger partial charge in [-0.1, -0.05) is 13.0 Å². The van der Waals surface area contributed by atoms with Gasteiger partial charge >= 0.3 is 0 Å². The SMILES string of the molecule is C[C@@]12CCCc3coc(c31)C(=O)c1cc3c(cc12)[C@@]1(O)C[C@H](O)N2CCS(=O)(=O)C(=C21)C3=O. The molecule has 8 nitrogen and oxygen atoms in total. The van der Waals surface area contributed by atoms with Crippen molar-refractivity contribution in [3.8, 4) is 0 Å². The highest BCUT2D eigenvalue weighted by molar-refractivity contribution is 7.96. The highest BCUT2D eigenvalue weighted by Gasteiger charge is 2.59. The number of Topliss-reactive ketones (excluding diaryl/α,β-unsaturated/α-hetero) is 1. The predicted octanol–water partition coefficient (Wildman–Crippen LogP) is 1.51. The lowest BCUT2D eigenvalue weighted by molar-refractivity contribution is 0.0340. The Morgan fingerprint density at radius 1 is 1.15 bits per heavy atom. The van der Waals surface area contributed by atoms with E-state index in [4.69, 9.17) is 4.42 Å². The molecule has 0 bridgehead atoms. The van der Waals surface area contributed by atoms with Gasteiger partial charge < -0.3 is 19.5 Å². The Hall–Kier alpha value is -2.75. The van der Waals surface area contributed by atoms with Crippen LogP contribution in [0.5, 0.6) is 0 Å². The molecule has 2 aromatic rings. The molecule has 170 valence electrons. The van der Waals surface area contributed by atoms with Crippen LogP contribution in [-0.4, -0.2) is 53.6 Å². The standard InChI is InChI=1S/C24H21NO7S/c1-23-4-2-3-11-10-32-20(17(11)23)18(27)12-7-13-15(8-14(12)23)24(29)9-16(26)25-5-6-33(30,31)21(19(13)28)22(24)25/h7-8,10,16,26,29H,2-6,9H2,1H3/t16-,23-,24-/m0/s1. The normalized spacial score (nSPS) is 32.9. The number of carbonyl (C=O) groups is 2. The summed E-state index contributed by atoms with van der Waals surface area (Å²) in [7, 11) is -3.95. The van der Waals surface area contributed by atoms with Crippen LogP contribution in [0.3, 0.4) is 0 Å². The number of hydrogen-bond acceptors (Lipinski definition) is 8. The molecule has 1 aromatic carbocycles. The van der Waals surface area contributed by atoms with Crippen molar-refractivity contribution in [2.75, 3.05) is 12.3 Å². The van der Waals surface area contributed by atoms with Crippen molar-refractivity contribution in [3.05, 3.63) is 68.1 Å². The zero-order chi connectivity index (χ0) is 23.1. The number of ketones is 2. The average molecular weight is 467 g/mol. The van der Waals surface area contributed by atoms with Gasteiger partial charge in [0.2, 0.25) is 11.6 Å². The van der Waals surface area contributed by atoms with E-state index >= 15 is 0 Å². The van der Waals surface area contributed by atoms with E-state index in [0.29, 0.717) is 11.1 Å². The highest BCUT2D eigenvalue weighted by Crippen LogP contribution is 2.56. The topological polar surface area (TPSA) is 125 Å². The van der Waals surface area contributed by atoms with Crippen LogP contribution in [0.25, 0.3) is 0 Å². The lowest BCUT2D eigenvalue weighted by atomic mass is 9.61. The molecule has 9 heteroatoms. The van der Waals surface area contributed by atoms with Crippen LogP contribution in [0, 0.1) is 0 Å². The number of hydrogen-bond donors (Lipinski definition) is 2. The van der Waals surface area contributed by atoms with Crippen LogP contribution in [0.2, 0.25) is 0 Å². The van der Waals surface area contributed by atoms with Gasteiger partial charge in [0.15, 0.2) is 15.6 Å². The number of rotatable bonds is 0. The number of allylic oxidation sites excluding steroid dienone is 1. The lowest BCUT2D eigenvalue weighted by Gasteiger charge is -2.42. The van der Waals surface area contributed by atoms with Crippen LogP contribution in [0.4, 0.5) is 0 Å². The first-order valence-corrected chi connectivity index (χ1v) is 12.8. The number of carbonyl (C=O) groups excluding carboxylic acids is 2. The van der Waals surface area contributed by atoms with Crippen LogP contribution in [0.15, 0.2) is 33.4 Å². The largest absolute Gasteiger partial charge is 0.460 e. The minimum atomic E-state index is -3.95. The van der Waals surface area contributed by atoms with Crippen LogP contribution >= 0.6 is 0 Å². The molecule has 1 fully saturated rings. The molecule has 1 aromatic heterocycles. The van der Waals surface area contributed by atoms with Gasteiger partial charge in [0.05, 0.1) is 17.7 Å². The van der Waals surface area contributed by atoms with E-state index in [9.17, 15) is 28.2 Å². The molecule has 7 rings (SSSR count). The van der Waals surface area contributed by atoms with Crippen molar-refractivity contribution in [1.29, 1.82) is 0 Å². The van der Waals surface area contributed by atoms with E-state index in [2.05, 4.69) is 0 Å². The first-order valence-electron chi connectivity index (χ1n) is 11.1. The third-order valence-electron chi connectivity index (χ3n) is 8.29. The maximum Gasteiger partial charge on any atom is 0.228 e. The summed E-state index contributed by atoms with van der Waals surface area (Å²) in [5.41, 5.74) is 0.749. The number of aliphatic hydroxyl groups excluding tert-OH is 1. The quantitative estimate of drug-likeness (QED) is 0.597. The Morgan fingerprint density at radius 2 is 1.91 bits per heavy atom. The second-order valence-corrected chi connectivity index (χ2v) is 12.0. The molecule has 2 aliphatic heterocycles. The molecule has 1 saturated heterocycles. The fraction of sp³-hybridized carbons (Fsp3) is 0.417. The van der Waals surface area contributed by atoms with Crippen molar-refractivity contribution in [3.63, 3.8) is 0 Å². The number of furan rings is 1. The van der Waals surface area contributed by atoms with Crippen LogP contribution < -0.4 is 0 Å². The minimum Gasteiger partial charge on any atom is -0.460 e. The molecular formula is C24H21NO7S. The van der Waals surface area contributed by atoms with Gasteiger partial charge in [-0.15, -0.1) is 0 Å². The Morgan fingerprint density at radius 3 is 2.70 bits per heavy atom. The maximum absolute atomic E-state index is 13.5. The van der Waals surface area contributed by atoms with E-state index in [0.717, 1.165) is 30.4 Å². The predicted molar refractivity (Wildman–Crippen MR) is 114 cm³/mol. The third-order valence-corrected chi connectivity index (χ3v) is 10.0. The molecule has 5 aliphatic rings. The summed E-state index contributed by atoms with van der Waals surface area (Å²) in [5, 5.41) is 22.5. The fourth-order valence-corrected chi connectivity index (χ4v) is 8.40. The molecule has 2 N–H and O–H groups in total. The summed E-state index contributed by atoms with van der Waals surface area (Å²) in [6.07, 6.45) is 2.87. The number of sulfone groups is 1. The summed E-state index contributed by atoms with van der Waals surface area (Å²) in [6, 6.07) is 3.13. The van der Waals surface area contributed by atoms with Gasteiger partial charge in [-0.2, -0.15) is 0 Å². The molecule has 33 heavy (non-hydrogen) atoms. The van der Waals surface area contributed by atoms with Crippen molar-refractivity contribution in [1.82, 2.24) is 4.90 Å². The zero-order valence-electron chi connectivity index (χ0n) is 17.8. The van der Waals surface area contributed by atoms with E-state index in [1.807, 2.05) is 6.92 Å². The summed E-state index contributed by atoms with van der Waals surface area (Å²) in [5.74, 6) is -1.12. The Labute approximate surface area is 189 Å². The average Bonchev–Trinajstić information content (AvgIpc) is 3.31. The molecule has 0 spiro atoms. The number of benzene rings is 1. The monoisotopic (exact) mass is 467 g/mol. The molecule has 0 radical (unpaired) electrons. The van der Waals surface area contributed by atoms with Gasteiger partial charge in [0, 0.05) is 40.6 Å². The summed E-state index contributed by atoms with van der Waals surface area (Å²) in [4.78, 5) is 27.9. The van der Waals surface area contributed by atoms with Gasteiger partial charge in [-0.05, 0) is 36.5 Å². The Bertz CT molecular complexity index is 1480. The van der Waals surface area contributed by atoms with E-state index in [-0.39, 0.29) is 47.1 Å². The molecule has 0 amide bonds. The molecular weight excluding hydrogens is 446 g/mol. The summed E-state index contributed by atoms with van der Waals surface area (Å²) < 4.78 is 31.5. The zero-order valence-corrected chi connectivity index (χ0v) is 18.7. The van der Waals surface area contributed by atoms with Crippen molar-refractivity contribution < 1.29 is 32.6 Å². The highest BCUT2D eigenvalue weighted by atomic mass is 32.2. The Balaban J connectivity index is 1.55. The smallest absolute Gasteiger partial charge is 0.228 e. The maximum atomic E-state index is 13.5. The third kappa shape index (κ3) is 2.08. The molecule has 0 saturated carbocycles. The summed E-state index contributed by atoms with van der Waals surface area (Å²) >= 11 is 0. The number of aryl methyl sites for hydroxylation is 1. The number of nitrogens with zero attached hydrogens (tertiary/aromatic N) is 1. The van der Waals surface area contributed by atoms with E-state index < -0.39 is 37.8 Å². The molecule has 0 unspecified atom stereocenters. The lowest BCUT2D eigenvalue weighted by Crippen LogP contribution is -2.45. The number of aliphatic hydroxyl groups is 2. The summed E-state index contributed by atoms with van der Waals surface area (Å²) in [6.45, 7) is 2.05. The van der Waals surface area contributed by atoms with Gasteiger partial charge in [0.1, 0.15) is 16.7 Å². The fourth-order valence-electron chi connectivity index (χ4n) is 6.79. The second-order valence-electron chi connectivity index (χ2n) is 9.99. The number of fused-ring (bicyclic) bond motifs is 4. The first kappa shape index (κ1) is 19.7. The van der Waals surface area contributed by atoms with Gasteiger partial charge in [0.25, 0.3) is 0 Å². The van der Waals surface area contributed by atoms with Crippen molar-refractivity contribution >= 4 is 21.4 Å². The Kier molecular flexibility index (Phi) is 3.37. The second kappa shape index (κ2) is 5.65. The van der Waals surface area contributed by atoms with Gasteiger partial charge in [-0.25, -0.2) is 8.42 Å². The van der Waals surface area contributed by atoms with Crippen LogP contribution in [-0.2, 0) is 27.3 Å². The van der Waals surface area contributed by atoms with E-state index in [1.54, 1.807) is 12.3 Å². The van der Waals surface area contributed by atoms with E-state index in [1.165, 1.54) is 11.0 Å². The van der Waals surface area contributed by atoms with Gasteiger partial charge in [-0.3, -0.25) is 9.59 Å². The first-order chi connectivity index (χ1) is 15.6. The molecule has 3 atom stereocenters. The van der Waals surface area contributed by atoms with Crippen molar-refractivity contribution in [2.45, 2.75) is 49.9 Å². The molecule has 3 aliphatic carbocycles. The van der Waals surface area contributed by atoms with Crippen molar-refractivity contribution in [2.24, 2.45) is 0 Å². The van der Waals surface area contributed by atoms with Crippen LogP contribution in [0.1, 0.15) is 74.9 Å².